The molecule has 260 valence electrons. The molecule has 2 saturated heterocycles. The molecule has 2 aliphatic rings. The van der Waals surface area contributed by atoms with E-state index in [1.165, 1.54) is 0 Å². The van der Waals surface area contributed by atoms with Gasteiger partial charge in [0.1, 0.15) is 23.8 Å². The van der Waals surface area contributed by atoms with E-state index in [1.807, 2.05) is 46.8 Å². The number of halogens is 2. The maximum Gasteiger partial charge on any atom is 0.260 e. The first-order valence-corrected chi connectivity index (χ1v) is 19.8. The van der Waals surface area contributed by atoms with E-state index in [2.05, 4.69) is 22.2 Å². The molecule has 10 nitrogen and oxygen atoms in total. The van der Waals surface area contributed by atoms with Crippen LogP contribution in [-0.2, 0) is 22.5 Å². The lowest BCUT2D eigenvalue weighted by atomic mass is 10.0. The molecule has 4 heterocycles. The Morgan fingerprint density at radius 2 is 1.62 bits per heavy atom. The van der Waals surface area contributed by atoms with Gasteiger partial charge in [0, 0.05) is 89.7 Å². The Bertz CT molecular complexity index is 2020. The zero-order valence-electron chi connectivity index (χ0n) is 27.6. The van der Waals surface area contributed by atoms with Crippen LogP contribution in [0.5, 0.6) is 5.75 Å². The van der Waals surface area contributed by atoms with Crippen molar-refractivity contribution in [2.75, 3.05) is 44.8 Å². The Balaban J connectivity index is 1.24. The second-order valence-electron chi connectivity index (χ2n) is 12.6. The van der Waals surface area contributed by atoms with Gasteiger partial charge in [-0.15, -0.1) is 4.31 Å². The van der Waals surface area contributed by atoms with Crippen LogP contribution in [0.4, 0.5) is 11.6 Å². The minimum absolute atomic E-state index is 0.175. The van der Waals surface area contributed by atoms with Crippen molar-refractivity contribution in [1.82, 2.24) is 23.7 Å². The van der Waals surface area contributed by atoms with E-state index < -0.39 is 22.5 Å². The van der Waals surface area contributed by atoms with Crippen molar-refractivity contribution in [2.45, 2.75) is 41.2 Å². The van der Waals surface area contributed by atoms with Crippen molar-refractivity contribution in [1.29, 1.82) is 0 Å². The summed E-state index contributed by atoms with van der Waals surface area (Å²) in [5, 5.41) is 4.32. The minimum atomic E-state index is -1.52. The monoisotopic (exact) mass is 750 g/mol. The van der Waals surface area contributed by atoms with Crippen molar-refractivity contribution in [3.63, 3.8) is 0 Å². The number of pyridine rings is 1. The third-order valence-corrected chi connectivity index (χ3v) is 12.2. The van der Waals surface area contributed by atoms with Crippen LogP contribution in [0.3, 0.4) is 0 Å². The summed E-state index contributed by atoms with van der Waals surface area (Å²) in [6, 6.07) is 21.4. The van der Waals surface area contributed by atoms with E-state index in [-0.39, 0.29) is 27.8 Å². The highest BCUT2D eigenvalue weighted by molar-refractivity contribution is 7.91. The Morgan fingerprint density at radius 3 is 2.26 bits per heavy atom. The Labute approximate surface area is 306 Å². The molecule has 14 heteroatoms. The number of ether oxygens (including phenoxy) is 1. The number of rotatable bonds is 9. The summed E-state index contributed by atoms with van der Waals surface area (Å²) in [5.74, 6) is 1.13. The second-order valence-corrected chi connectivity index (χ2v) is 16.2. The number of fused-ring (bicyclic) bond motifs is 1. The van der Waals surface area contributed by atoms with Gasteiger partial charge >= 0.3 is 0 Å². The Hall–Kier alpha value is -3.33. The normalized spacial score (nSPS) is 18.7. The molecule has 0 aliphatic carbocycles. The Morgan fingerprint density at radius 1 is 0.920 bits per heavy atom. The first-order chi connectivity index (χ1) is 24.1. The number of anilines is 2. The third kappa shape index (κ3) is 7.49. The first-order valence-electron chi connectivity index (χ1n) is 16.3. The van der Waals surface area contributed by atoms with Crippen LogP contribution in [0, 0.1) is 0 Å². The van der Waals surface area contributed by atoms with E-state index in [0.29, 0.717) is 63.8 Å². The standard InChI is InChI=1S/C36H36Cl2N6O4S2/c1-42-15-14-27(22-42)48-26-10-8-24(9-11-26)40-36-39-21-23-18-30(35(45)44(34(23)41-36)25-12-16-43(17-13-25)49(2)46)33-31(37)19-29(20-32(33)38)50(47)28-6-4-3-5-7-28/h3-11,18-21,25,27H,12-17,22H2,1-2H3,(H,39,40,41). The van der Waals surface area contributed by atoms with E-state index in [0.717, 1.165) is 30.9 Å². The average Bonchev–Trinajstić information content (AvgIpc) is 3.53. The number of likely N-dealkylation sites (N-methyl/N-ethyl adjacent to an activating group) is 1. The largest absolute Gasteiger partial charge is 0.606 e. The molecular formula is C36H36Cl2N6O4S2. The molecule has 7 rings (SSSR count). The van der Waals surface area contributed by atoms with Crippen LogP contribution >= 0.6 is 23.2 Å². The highest BCUT2D eigenvalue weighted by Gasteiger charge is 2.30. The molecule has 2 aliphatic heterocycles. The number of hydrogen-bond acceptors (Lipinski definition) is 9. The van der Waals surface area contributed by atoms with E-state index in [1.54, 1.807) is 47.4 Å². The molecular weight excluding hydrogens is 715 g/mol. The maximum atomic E-state index is 14.5. The van der Waals surface area contributed by atoms with Crippen molar-refractivity contribution < 1.29 is 13.8 Å². The van der Waals surface area contributed by atoms with Crippen molar-refractivity contribution in [2.24, 2.45) is 0 Å². The van der Waals surface area contributed by atoms with Crippen LogP contribution in [0.2, 0.25) is 10.0 Å². The predicted octanol–water partition coefficient (Wildman–Crippen LogP) is 6.69. The van der Waals surface area contributed by atoms with Crippen molar-refractivity contribution in [3.05, 3.63) is 99.4 Å². The van der Waals surface area contributed by atoms with Crippen LogP contribution in [0.1, 0.15) is 25.3 Å². The third-order valence-electron chi connectivity index (χ3n) is 9.14. The van der Waals surface area contributed by atoms with Gasteiger partial charge in [-0.3, -0.25) is 9.36 Å². The minimum Gasteiger partial charge on any atom is -0.606 e. The lowest BCUT2D eigenvalue weighted by Crippen LogP contribution is -2.40. The highest BCUT2D eigenvalue weighted by Crippen LogP contribution is 2.39. The number of benzene rings is 3. The molecule has 0 spiro atoms. The average molecular weight is 752 g/mol. The van der Waals surface area contributed by atoms with Crippen molar-refractivity contribution in [3.8, 4) is 16.9 Å². The van der Waals surface area contributed by atoms with Gasteiger partial charge in [-0.2, -0.15) is 4.98 Å². The fraction of sp³-hybridized carbons (Fsp3) is 0.306. The van der Waals surface area contributed by atoms with Gasteiger partial charge in [0.2, 0.25) is 5.95 Å². The maximum absolute atomic E-state index is 14.5. The lowest BCUT2D eigenvalue weighted by Gasteiger charge is -2.32. The summed E-state index contributed by atoms with van der Waals surface area (Å²) in [6.07, 6.45) is 5.71. The quantitative estimate of drug-likeness (QED) is 0.164. The second kappa shape index (κ2) is 15.1. The zero-order chi connectivity index (χ0) is 34.9. The molecule has 0 radical (unpaired) electrons. The molecule has 0 saturated carbocycles. The molecule has 0 amide bonds. The van der Waals surface area contributed by atoms with E-state index >= 15 is 0 Å². The van der Waals surface area contributed by atoms with Gasteiger partial charge < -0.3 is 24.1 Å². The Kier molecular flexibility index (Phi) is 10.6. The fourth-order valence-corrected chi connectivity index (χ4v) is 9.25. The van der Waals surface area contributed by atoms with Crippen LogP contribution in [0.15, 0.2) is 93.6 Å². The molecule has 0 bridgehead atoms. The van der Waals surface area contributed by atoms with Gasteiger partial charge in [-0.05, 0) is 68.8 Å². The van der Waals surface area contributed by atoms with Gasteiger partial charge in [0.25, 0.3) is 5.56 Å². The van der Waals surface area contributed by atoms with Gasteiger partial charge in [0.05, 0.1) is 15.6 Å². The number of nitrogens with zero attached hydrogens (tertiary/aromatic N) is 5. The highest BCUT2D eigenvalue weighted by atomic mass is 35.5. The molecule has 2 fully saturated rings. The fourth-order valence-electron chi connectivity index (χ4n) is 6.58. The van der Waals surface area contributed by atoms with Gasteiger partial charge in [0.15, 0.2) is 9.79 Å². The predicted molar refractivity (Wildman–Crippen MR) is 201 cm³/mol. The lowest BCUT2D eigenvalue weighted by molar-refractivity contribution is 0.208. The first kappa shape index (κ1) is 35.1. The SMILES string of the molecule is CN1CCC(Oc2ccc(Nc3ncc4cc(-c5c(Cl)cc([S+]([O-])c6ccccc6)cc5Cl)c(=O)n(C5CCN([S+](C)[O-])CC5)c4n3)cc2)C1. The molecule has 5 aromatic rings. The summed E-state index contributed by atoms with van der Waals surface area (Å²) in [7, 11) is 2.09. The molecule has 1 N–H and O–H groups in total. The summed E-state index contributed by atoms with van der Waals surface area (Å²) in [6.45, 7) is 3.06. The van der Waals surface area contributed by atoms with Crippen LogP contribution < -0.4 is 15.6 Å². The van der Waals surface area contributed by atoms with Gasteiger partial charge in [-0.25, -0.2) is 4.98 Å². The molecule has 50 heavy (non-hydrogen) atoms. The number of piperidine rings is 1. The summed E-state index contributed by atoms with van der Waals surface area (Å²) >= 11 is 11.0. The molecule has 3 unspecified atom stereocenters. The van der Waals surface area contributed by atoms with Gasteiger partial charge in [-0.1, -0.05) is 41.4 Å². The van der Waals surface area contributed by atoms with Crippen LogP contribution in [-0.4, -0.2) is 78.4 Å². The zero-order valence-corrected chi connectivity index (χ0v) is 30.7. The van der Waals surface area contributed by atoms with E-state index in [9.17, 15) is 13.9 Å². The number of nitrogens with one attached hydrogen (secondary N) is 1. The van der Waals surface area contributed by atoms with Crippen LogP contribution in [0.25, 0.3) is 22.2 Å². The number of likely N-dealkylation sites (tertiary alicyclic amines) is 1. The summed E-state index contributed by atoms with van der Waals surface area (Å²) in [5.41, 5.74) is 1.57. The molecule has 3 aromatic carbocycles. The molecule has 3 atom stereocenters. The van der Waals surface area contributed by atoms with Crippen molar-refractivity contribution >= 4 is 68.4 Å². The number of hydrogen-bond donors (Lipinski definition) is 1. The topological polar surface area (TPSA) is 122 Å². The smallest absolute Gasteiger partial charge is 0.260 e. The number of aromatic nitrogens is 3. The molecule has 2 aromatic heterocycles. The van der Waals surface area contributed by atoms with E-state index in [4.69, 9.17) is 32.9 Å². The summed E-state index contributed by atoms with van der Waals surface area (Å²) in [4.78, 5) is 27.3. The summed E-state index contributed by atoms with van der Waals surface area (Å²) < 4.78 is 35.3.